The third kappa shape index (κ3) is 3.04. The molecule has 1 amide bonds. The average Bonchev–Trinajstić information content (AvgIpc) is 2.46. The lowest BCUT2D eigenvalue weighted by molar-refractivity contribution is -0.132. The summed E-state index contributed by atoms with van der Waals surface area (Å²) in [4.78, 5) is 14.6. The second-order valence-corrected chi connectivity index (χ2v) is 4.96. The Morgan fingerprint density at radius 1 is 1.53 bits per heavy atom. The van der Waals surface area contributed by atoms with Crippen molar-refractivity contribution < 1.29 is 4.79 Å². The largest absolute Gasteiger partial charge is 0.338 e. The molecule has 1 atom stereocenters. The first-order valence-electron chi connectivity index (χ1n) is 6.96. The van der Waals surface area contributed by atoms with E-state index in [1.165, 1.54) is 11.1 Å². The van der Waals surface area contributed by atoms with Gasteiger partial charge in [0.15, 0.2) is 0 Å². The zero-order valence-electron chi connectivity index (χ0n) is 11.6. The van der Waals surface area contributed by atoms with Gasteiger partial charge in [0.25, 0.3) is 0 Å². The zero-order chi connectivity index (χ0) is 13.7. The molecule has 0 bridgehead atoms. The van der Waals surface area contributed by atoms with Crippen molar-refractivity contribution in [2.24, 2.45) is 0 Å². The number of hydrogen-bond donors (Lipinski definition) is 1. The molecule has 0 saturated carbocycles. The minimum Gasteiger partial charge on any atom is -0.338 e. The molecule has 1 unspecified atom stereocenters. The summed E-state index contributed by atoms with van der Waals surface area (Å²) in [6.07, 6.45) is 2.77. The SMILES string of the molecule is C=CCN(CCC)C(=O)C1CNCc2ccccc21. The van der Waals surface area contributed by atoms with Crippen LogP contribution in [0.15, 0.2) is 36.9 Å². The van der Waals surface area contributed by atoms with E-state index in [9.17, 15) is 4.79 Å². The Labute approximate surface area is 115 Å². The first kappa shape index (κ1) is 13.8. The zero-order valence-corrected chi connectivity index (χ0v) is 11.6. The maximum absolute atomic E-state index is 12.7. The molecule has 1 N–H and O–H groups in total. The molecule has 3 heteroatoms. The first-order chi connectivity index (χ1) is 9.27. The normalized spacial score (nSPS) is 17.6. The van der Waals surface area contributed by atoms with Crippen LogP contribution in [-0.4, -0.2) is 30.4 Å². The van der Waals surface area contributed by atoms with Gasteiger partial charge in [-0.2, -0.15) is 0 Å². The van der Waals surface area contributed by atoms with E-state index < -0.39 is 0 Å². The highest BCUT2D eigenvalue weighted by molar-refractivity contribution is 5.85. The number of carbonyl (C=O) groups excluding carboxylic acids is 1. The minimum absolute atomic E-state index is 0.0588. The molecule has 0 saturated heterocycles. The molecule has 102 valence electrons. The van der Waals surface area contributed by atoms with Crippen LogP contribution in [0.3, 0.4) is 0 Å². The molecule has 0 spiro atoms. The highest BCUT2D eigenvalue weighted by atomic mass is 16.2. The van der Waals surface area contributed by atoms with Gasteiger partial charge in [-0.15, -0.1) is 6.58 Å². The Morgan fingerprint density at radius 3 is 3.05 bits per heavy atom. The predicted molar refractivity (Wildman–Crippen MR) is 78.0 cm³/mol. The summed E-state index contributed by atoms with van der Waals surface area (Å²) in [6, 6.07) is 8.22. The van der Waals surface area contributed by atoms with Gasteiger partial charge in [0.1, 0.15) is 0 Å². The van der Waals surface area contributed by atoms with Crippen LogP contribution in [0, 0.1) is 0 Å². The minimum atomic E-state index is -0.0588. The number of hydrogen-bond acceptors (Lipinski definition) is 2. The van der Waals surface area contributed by atoms with Gasteiger partial charge in [0.2, 0.25) is 5.91 Å². The summed E-state index contributed by atoms with van der Waals surface area (Å²) >= 11 is 0. The van der Waals surface area contributed by atoms with E-state index in [1.54, 1.807) is 6.08 Å². The Bertz CT molecular complexity index is 456. The average molecular weight is 258 g/mol. The van der Waals surface area contributed by atoms with Crippen molar-refractivity contribution >= 4 is 5.91 Å². The topological polar surface area (TPSA) is 32.3 Å². The molecule has 0 fully saturated rings. The van der Waals surface area contributed by atoms with Gasteiger partial charge >= 0.3 is 0 Å². The monoisotopic (exact) mass is 258 g/mol. The van der Waals surface area contributed by atoms with Gasteiger partial charge < -0.3 is 10.2 Å². The number of rotatable bonds is 5. The molecule has 19 heavy (non-hydrogen) atoms. The fraction of sp³-hybridized carbons (Fsp3) is 0.438. The van der Waals surface area contributed by atoms with Crippen LogP contribution >= 0.6 is 0 Å². The van der Waals surface area contributed by atoms with Gasteiger partial charge in [-0.1, -0.05) is 37.3 Å². The third-order valence-corrected chi connectivity index (χ3v) is 3.55. The molecule has 1 aliphatic heterocycles. The van der Waals surface area contributed by atoms with E-state index >= 15 is 0 Å². The fourth-order valence-corrected chi connectivity index (χ4v) is 2.65. The van der Waals surface area contributed by atoms with Crippen molar-refractivity contribution in [3.63, 3.8) is 0 Å². The Kier molecular flexibility index (Phi) is 4.74. The summed E-state index contributed by atoms with van der Waals surface area (Å²) in [7, 11) is 0. The van der Waals surface area contributed by atoms with E-state index in [2.05, 4.69) is 31.0 Å². The van der Waals surface area contributed by atoms with E-state index in [1.807, 2.05) is 17.0 Å². The molecule has 1 heterocycles. The third-order valence-electron chi connectivity index (χ3n) is 3.55. The van der Waals surface area contributed by atoms with Crippen LogP contribution in [-0.2, 0) is 11.3 Å². The van der Waals surface area contributed by atoms with Crippen LogP contribution in [0.2, 0.25) is 0 Å². The van der Waals surface area contributed by atoms with Gasteiger partial charge in [0.05, 0.1) is 5.92 Å². The van der Waals surface area contributed by atoms with Crippen molar-refractivity contribution in [2.45, 2.75) is 25.8 Å². The first-order valence-corrected chi connectivity index (χ1v) is 6.96. The molecule has 0 aromatic heterocycles. The number of nitrogens with zero attached hydrogens (tertiary/aromatic N) is 1. The molecule has 0 aliphatic carbocycles. The van der Waals surface area contributed by atoms with E-state index in [0.29, 0.717) is 6.54 Å². The smallest absolute Gasteiger partial charge is 0.231 e. The summed E-state index contributed by atoms with van der Waals surface area (Å²) in [5.74, 6) is 0.151. The molecule has 1 aliphatic rings. The Morgan fingerprint density at radius 2 is 2.32 bits per heavy atom. The Hall–Kier alpha value is -1.61. The Balaban J connectivity index is 2.21. The van der Waals surface area contributed by atoms with E-state index in [4.69, 9.17) is 0 Å². The fourth-order valence-electron chi connectivity index (χ4n) is 2.65. The highest BCUT2D eigenvalue weighted by Gasteiger charge is 2.28. The summed E-state index contributed by atoms with van der Waals surface area (Å²) in [5.41, 5.74) is 2.42. The predicted octanol–water partition coefficient (Wildman–Crippen LogP) is 2.30. The standard InChI is InChI=1S/C16H22N2O/c1-3-9-18(10-4-2)16(19)15-12-17-11-13-7-5-6-8-14(13)15/h3,5-8,15,17H,1,4,9-12H2,2H3. The lowest BCUT2D eigenvalue weighted by Gasteiger charge is -2.30. The number of nitrogens with one attached hydrogen (secondary N) is 1. The number of amides is 1. The van der Waals surface area contributed by atoms with Crippen molar-refractivity contribution in [3.05, 3.63) is 48.0 Å². The molecular weight excluding hydrogens is 236 g/mol. The van der Waals surface area contributed by atoms with Gasteiger partial charge in [0, 0.05) is 26.2 Å². The summed E-state index contributed by atoms with van der Waals surface area (Å²) in [5, 5.41) is 3.34. The highest BCUT2D eigenvalue weighted by Crippen LogP contribution is 2.25. The molecule has 0 radical (unpaired) electrons. The molecule has 1 aromatic rings. The van der Waals surface area contributed by atoms with Crippen molar-refractivity contribution in [1.29, 1.82) is 0 Å². The van der Waals surface area contributed by atoms with Gasteiger partial charge in [-0.3, -0.25) is 4.79 Å². The lowest BCUT2D eigenvalue weighted by Crippen LogP contribution is -2.42. The number of carbonyl (C=O) groups is 1. The van der Waals surface area contributed by atoms with Crippen LogP contribution in [0.4, 0.5) is 0 Å². The maximum Gasteiger partial charge on any atom is 0.231 e. The van der Waals surface area contributed by atoms with Crippen LogP contribution in [0.25, 0.3) is 0 Å². The van der Waals surface area contributed by atoms with Crippen molar-refractivity contribution in [1.82, 2.24) is 10.2 Å². The second kappa shape index (κ2) is 6.53. The van der Waals surface area contributed by atoms with Crippen LogP contribution < -0.4 is 5.32 Å². The van der Waals surface area contributed by atoms with Crippen LogP contribution in [0.1, 0.15) is 30.4 Å². The molecular formula is C16H22N2O. The van der Waals surface area contributed by atoms with Crippen LogP contribution in [0.5, 0.6) is 0 Å². The molecule has 2 rings (SSSR count). The van der Waals surface area contributed by atoms with E-state index in [0.717, 1.165) is 26.1 Å². The maximum atomic E-state index is 12.7. The van der Waals surface area contributed by atoms with Crippen molar-refractivity contribution in [2.75, 3.05) is 19.6 Å². The second-order valence-electron chi connectivity index (χ2n) is 4.96. The lowest BCUT2D eigenvalue weighted by atomic mass is 9.89. The number of fused-ring (bicyclic) bond motifs is 1. The van der Waals surface area contributed by atoms with E-state index in [-0.39, 0.29) is 11.8 Å². The molecule has 3 nitrogen and oxygen atoms in total. The van der Waals surface area contributed by atoms with Gasteiger partial charge in [-0.25, -0.2) is 0 Å². The quantitative estimate of drug-likeness (QED) is 0.822. The summed E-state index contributed by atoms with van der Waals surface area (Å²) < 4.78 is 0. The summed E-state index contributed by atoms with van der Waals surface area (Å²) in [6.45, 7) is 8.85. The number of benzene rings is 1. The van der Waals surface area contributed by atoms with Crippen molar-refractivity contribution in [3.8, 4) is 0 Å². The van der Waals surface area contributed by atoms with Gasteiger partial charge in [-0.05, 0) is 17.5 Å². The molecule has 1 aromatic carbocycles.